The van der Waals surface area contributed by atoms with Crippen molar-refractivity contribution >= 4 is 6.09 Å². The molecule has 1 fully saturated rings. The first-order valence-corrected chi connectivity index (χ1v) is 8.58. The van der Waals surface area contributed by atoms with Gasteiger partial charge < -0.3 is 19.3 Å². The second-order valence-corrected chi connectivity index (χ2v) is 7.15. The van der Waals surface area contributed by atoms with Crippen molar-refractivity contribution in [3.8, 4) is 17.2 Å². The van der Waals surface area contributed by atoms with E-state index in [2.05, 4.69) is 10.5 Å². The van der Waals surface area contributed by atoms with Crippen LogP contribution in [0.3, 0.4) is 0 Å². The average Bonchev–Trinajstić information content (AvgIpc) is 3.30. The highest BCUT2D eigenvalue weighted by molar-refractivity contribution is 5.67. The molecule has 1 amide bonds. The Morgan fingerprint density at radius 3 is 2.64 bits per heavy atom. The maximum Gasteiger partial charge on any atom is 0.407 e. The molecule has 0 radical (unpaired) electrons. The van der Waals surface area contributed by atoms with E-state index in [-0.39, 0.29) is 0 Å². The minimum Gasteiger partial charge on any atom is -0.473 e. The smallest absolute Gasteiger partial charge is 0.407 e. The molecule has 0 unspecified atom stereocenters. The quantitative estimate of drug-likeness (QED) is 0.798. The number of alkyl carbamates (subject to hydrolysis) is 1. The van der Waals surface area contributed by atoms with Gasteiger partial charge in [0, 0.05) is 5.56 Å². The highest BCUT2D eigenvalue weighted by Gasteiger charge is 2.34. The van der Waals surface area contributed by atoms with Gasteiger partial charge >= 0.3 is 6.09 Å². The maximum atomic E-state index is 11.6. The van der Waals surface area contributed by atoms with Crippen LogP contribution < -0.4 is 10.1 Å². The van der Waals surface area contributed by atoms with Gasteiger partial charge in [-0.15, -0.1) is 0 Å². The number of rotatable bonds is 6. The van der Waals surface area contributed by atoms with Crippen LogP contribution in [0.5, 0.6) is 5.88 Å². The largest absolute Gasteiger partial charge is 0.473 e. The Hall–Kier alpha value is -2.50. The van der Waals surface area contributed by atoms with Gasteiger partial charge in [-0.2, -0.15) is 0 Å². The van der Waals surface area contributed by atoms with Gasteiger partial charge in [-0.25, -0.2) is 4.79 Å². The Bertz CT molecular complexity index is 715. The summed E-state index contributed by atoms with van der Waals surface area (Å²) in [6, 6.07) is 9.91. The zero-order chi connectivity index (χ0) is 17.9. The minimum absolute atomic E-state index is 0.305. The van der Waals surface area contributed by atoms with Crippen LogP contribution in [0.1, 0.15) is 45.1 Å². The molecule has 0 spiro atoms. The number of carbonyl (C=O) groups excluding carboxylic acids is 1. The van der Waals surface area contributed by atoms with Crippen LogP contribution in [-0.2, 0) is 4.74 Å². The highest BCUT2D eigenvalue weighted by atomic mass is 16.6. The van der Waals surface area contributed by atoms with Gasteiger partial charge in [0.2, 0.25) is 0 Å². The third kappa shape index (κ3) is 4.75. The Morgan fingerprint density at radius 1 is 1.28 bits per heavy atom. The zero-order valence-electron chi connectivity index (χ0n) is 14.9. The van der Waals surface area contributed by atoms with Crippen molar-refractivity contribution in [2.24, 2.45) is 0 Å². The first-order chi connectivity index (χ1) is 11.9. The summed E-state index contributed by atoms with van der Waals surface area (Å²) in [5.74, 6) is 1.74. The van der Waals surface area contributed by atoms with Gasteiger partial charge in [0.05, 0.1) is 12.1 Å². The predicted molar refractivity (Wildman–Crippen MR) is 93.6 cm³/mol. The Kier molecular flexibility index (Phi) is 4.97. The van der Waals surface area contributed by atoms with Gasteiger partial charge in [-0.05, 0) is 44.7 Å². The fourth-order valence-electron chi connectivity index (χ4n) is 2.53. The SMILES string of the molecule is CC(C)(C)OC(=O)NCCOc1noc(-c2ccccc2)c1C1CC1. The number of hydrogen-bond acceptors (Lipinski definition) is 5. The Labute approximate surface area is 147 Å². The molecule has 134 valence electrons. The summed E-state index contributed by atoms with van der Waals surface area (Å²) in [6.07, 6.45) is 1.78. The molecule has 2 aromatic rings. The highest BCUT2D eigenvalue weighted by Crippen LogP contribution is 2.48. The molecule has 1 heterocycles. The van der Waals surface area contributed by atoms with Crippen molar-refractivity contribution in [1.29, 1.82) is 0 Å². The predicted octanol–water partition coefficient (Wildman–Crippen LogP) is 4.12. The lowest BCUT2D eigenvalue weighted by molar-refractivity contribution is 0.0519. The monoisotopic (exact) mass is 344 g/mol. The van der Waals surface area contributed by atoms with E-state index in [1.165, 1.54) is 0 Å². The first kappa shape index (κ1) is 17.3. The van der Waals surface area contributed by atoms with Crippen molar-refractivity contribution in [3.63, 3.8) is 0 Å². The molecule has 1 aliphatic rings. The zero-order valence-corrected chi connectivity index (χ0v) is 14.9. The summed E-state index contributed by atoms with van der Waals surface area (Å²) in [6.45, 7) is 6.12. The van der Waals surface area contributed by atoms with Crippen LogP contribution in [0.15, 0.2) is 34.9 Å². The van der Waals surface area contributed by atoms with E-state index in [0.717, 1.165) is 29.7 Å². The van der Waals surface area contributed by atoms with E-state index in [9.17, 15) is 4.79 Å². The molecule has 6 nitrogen and oxygen atoms in total. The Morgan fingerprint density at radius 2 is 2.00 bits per heavy atom. The van der Waals surface area contributed by atoms with Gasteiger partial charge in [-0.1, -0.05) is 30.3 Å². The molecular weight excluding hydrogens is 320 g/mol. The van der Waals surface area contributed by atoms with Gasteiger partial charge in [0.25, 0.3) is 5.88 Å². The Balaban J connectivity index is 1.58. The molecule has 0 bridgehead atoms. The van der Waals surface area contributed by atoms with Crippen LogP contribution in [0, 0.1) is 0 Å². The summed E-state index contributed by atoms with van der Waals surface area (Å²) < 4.78 is 16.5. The van der Waals surface area contributed by atoms with E-state index in [0.29, 0.717) is 24.9 Å². The van der Waals surface area contributed by atoms with E-state index in [1.54, 1.807) is 0 Å². The topological polar surface area (TPSA) is 73.6 Å². The van der Waals surface area contributed by atoms with Gasteiger partial charge in [0.15, 0.2) is 5.76 Å². The number of carbonyl (C=O) groups is 1. The number of nitrogens with zero attached hydrogens (tertiary/aromatic N) is 1. The number of nitrogens with one attached hydrogen (secondary N) is 1. The molecule has 0 saturated heterocycles. The van der Waals surface area contributed by atoms with Crippen molar-refractivity contribution in [2.45, 2.75) is 45.1 Å². The van der Waals surface area contributed by atoms with Crippen molar-refractivity contribution in [1.82, 2.24) is 10.5 Å². The molecule has 1 aromatic carbocycles. The fourth-order valence-corrected chi connectivity index (χ4v) is 2.53. The third-order valence-corrected chi connectivity index (χ3v) is 3.73. The second kappa shape index (κ2) is 7.17. The summed E-state index contributed by atoms with van der Waals surface area (Å²) in [5, 5.41) is 6.76. The molecule has 1 N–H and O–H groups in total. The van der Waals surface area contributed by atoms with Crippen LogP contribution in [-0.4, -0.2) is 30.0 Å². The van der Waals surface area contributed by atoms with Gasteiger partial charge in [-0.3, -0.25) is 0 Å². The van der Waals surface area contributed by atoms with Crippen molar-refractivity contribution in [3.05, 3.63) is 35.9 Å². The molecule has 25 heavy (non-hydrogen) atoms. The van der Waals surface area contributed by atoms with Crippen LogP contribution >= 0.6 is 0 Å². The average molecular weight is 344 g/mol. The van der Waals surface area contributed by atoms with Crippen LogP contribution in [0.4, 0.5) is 4.79 Å². The van der Waals surface area contributed by atoms with Crippen LogP contribution in [0.25, 0.3) is 11.3 Å². The molecule has 3 rings (SSSR count). The summed E-state index contributed by atoms with van der Waals surface area (Å²) in [4.78, 5) is 11.6. The molecule has 1 aliphatic carbocycles. The number of aromatic nitrogens is 1. The minimum atomic E-state index is -0.513. The normalized spacial score (nSPS) is 14.2. The summed E-state index contributed by atoms with van der Waals surface area (Å²) in [7, 11) is 0. The molecule has 0 aliphatic heterocycles. The van der Waals surface area contributed by atoms with Gasteiger partial charge in [0.1, 0.15) is 12.2 Å². The summed E-state index contributed by atoms with van der Waals surface area (Å²) in [5.41, 5.74) is 1.52. The third-order valence-electron chi connectivity index (χ3n) is 3.73. The molecule has 0 atom stereocenters. The maximum absolute atomic E-state index is 11.6. The van der Waals surface area contributed by atoms with E-state index in [4.69, 9.17) is 14.0 Å². The lowest BCUT2D eigenvalue weighted by Crippen LogP contribution is -2.34. The summed E-state index contributed by atoms with van der Waals surface area (Å²) >= 11 is 0. The fraction of sp³-hybridized carbons (Fsp3) is 0.474. The van der Waals surface area contributed by atoms with E-state index < -0.39 is 11.7 Å². The molecule has 1 saturated carbocycles. The number of amides is 1. The lowest BCUT2D eigenvalue weighted by Gasteiger charge is -2.19. The van der Waals surface area contributed by atoms with E-state index in [1.807, 2.05) is 51.1 Å². The first-order valence-electron chi connectivity index (χ1n) is 8.58. The molecule has 1 aromatic heterocycles. The number of hydrogen-bond donors (Lipinski definition) is 1. The van der Waals surface area contributed by atoms with E-state index >= 15 is 0 Å². The lowest BCUT2D eigenvalue weighted by atomic mass is 10.1. The number of ether oxygens (including phenoxy) is 2. The second-order valence-electron chi connectivity index (χ2n) is 7.15. The van der Waals surface area contributed by atoms with Crippen molar-refractivity contribution in [2.75, 3.05) is 13.2 Å². The standard InChI is InChI=1S/C19H24N2O4/c1-19(2,3)24-18(22)20-11-12-23-17-15(13-9-10-13)16(25-21-17)14-7-5-4-6-8-14/h4-8,13H,9-12H2,1-3H3,(H,20,22). The van der Waals surface area contributed by atoms with Crippen molar-refractivity contribution < 1.29 is 18.8 Å². The molecule has 6 heteroatoms. The van der Waals surface area contributed by atoms with Crippen LogP contribution in [0.2, 0.25) is 0 Å². The molecular formula is C19H24N2O4. The number of benzene rings is 1.